The van der Waals surface area contributed by atoms with Crippen LogP contribution < -0.4 is 0 Å². The summed E-state index contributed by atoms with van der Waals surface area (Å²) in [7, 11) is 0. The normalized spacial score (nSPS) is 11.3. The van der Waals surface area contributed by atoms with Gasteiger partial charge >= 0.3 is 0 Å². The molecular formula is C15H31O2. The summed E-state index contributed by atoms with van der Waals surface area (Å²) in [6.45, 7) is 2.26. The van der Waals surface area contributed by atoms with Crippen molar-refractivity contribution in [2.45, 2.75) is 90.3 Å². The van der Waals surface area contributed by atoms with E-state index in [2.05, 4.69) is 6.92 Å². The fourth-order valence-electron chi connectivity index (χ4n) is 2.04. The molecule has 17 heavy (non-hydrogen) atoms. The molecular weight excluding hydrogens is 212 g/mol. The molecule has 0 amide bonds. The van der Waals surface area contributed by atoms with Crippen LogP contribution in [0.5, 0.6) is 0 Å². The minimum absolute atomic E-state index is 0.414. The minimum Gasteiger partial charge on any atom is -0.368 e. The highest BCUT2D eigenvalue weighted by Crippen LogP contribution is 2.12. The van der Waals surface area contributed by atoms with Gasteiger partial charge < -0.3 is 10.2 Å². The van der Waals surface area contributed by atoms with Crippen LogP contribution in [0.25, 0.3) is 0 Å². The molecule has 2 nitrogen and oxygen atoms in total. The molecule has 103 valence electrons. The topological polar surface area (TPSA) is 40.5 Å². The van der Waals surface area contributed by atoms with Gasteiger partial charge in [0.15, 0.2) is 6.29 Å². The molecule has 0 atom stereocenters. The van der Waals surface area contributed by atoms with Crippen molar-refractivity contribution in [1.29, 1.82) is 0 Å². The molecule has 0 fully saturated rings. The summed E-state index contributed by atoms with van der Waals surface area (Å²) in [4.78, 5) is 0. The smallest absolute Gasteiger partial charge is 0.151 e. The number of aliphatic hydroxyl groups excluding tert-OH is 1. The Bertz CT molecular complexity index is 135. The average molecular weight is 243 g/mol. The number of aliphatic hydroxyl groups is 2. The second kappa shape index (κ2) is 14.0. The van der Waals surface area contributed by atoms with E-state index in [1.807, 2.05) is 6.42 Å². The maximum absolute atomic E-state index is 8.64. The monoisotopic (exact) mass is 243 g/mol. The van der Waals surface area contributed by atoms with Crippen LogP contribution in [0.2, 0.25) is 0 Å². The SMILES string of the molecule is CCCCCCCCCCCC[CH]CC(O)O. The van der Waals surface area contributed by atoms with E-state index in [1.54, 1.807) is 0 Å². The van der Waals surface area contributed by atoms with Crippen molar-refractivity contribution in [3.05, 3.63) is 6.42 Å². The van der Waals surface area contributed by atoms with Crippen molar-refractivity contribution in [1.82, 2.24) is 0 Å². The van der Waals surface area contributed by atoms with E-state index in [-0.39, 0.29) is 0 Å². The third-order valence-electron chi connectivity index (χ3n) is 3.14. The lowest BCUT2D eigenvalue weighted by Gasteiger charge is -2.03. The fraction of sp³-hybridized carbons (Fsp3) is 0.933. The quantitative estimate of drug-likeness (QED) is 0.376. The zero-order chi connectivity index (χ0) is 12.8. The van der Waals surface area contributed by atoms with Crippen LogP contribution in [0.1, 0.15) is 84.0 Å². The number of unbranched alkanes of at least 4 members (excludes halogenated alkanes) is 11. The van der Waals surface area contributed by atoms with Gasteiger partial charge in [-0.1, -0.05) is 71.1 Å². The number of hydrogen-bond acceptors (Lipinski definition) is 2. The van der Waals surface area contributed by atoms with Crippen molar-refractivity contribution in [3.8, 4) is 0 Å². The van der Waals surface area contributed by atoms with Gasteiger partial charge in [-0.25, -0.2) is 0 Å². The molecule has 0 saturated carbocycles. The molecule has 0 spiro atoms. The van der Waals surface area contributed by atoms with E-state index in [4.69, 9.17) is 10.2 Å². The zero-order valence-electron chi connectivity index (χ0n) is 11.5. The maximum atomic E-state index is 8.64. The van der Waals surface area contributed by atoms with Crippen LogP contribution in [0.4, 0.5) is 0 Å². The first-order chi connectivity index (χ1) is 8.27. The Labute approximate surface area is 107 Å². The van der Waals surface area contributed by atoms with E-state index in [9.17, 15) is 0 Å². The molecule has 0 aliphatic carbocycles. The highest BCUT2D eigenvalue weighted by atomic mass is 16.5. The molecule has 0 aliphatic rings. The molecule has 0 saturated heterocycles. The number of hydrogen-bond donors (Lipinski definition) is 2. The van der Waals surface area contributed by atoms with Crippen molar-refractivity contribution in [3.63, 3.8) is 0 Å². The van der Waals surface area contributed by atoms with Crippen molar-refractivity contribution < 1.29 is 10.2 Å². The first kappa shape index (κ1) is 16.9. The van der Waals surface area contributed by atoms with E-state index in [0.717, 1.165) is 6.42 Å². The maximum Gasteiger partial charge on any atom is 0.151 e. The highest BCUT2D eigenvalue weighted by Gasteiger charge is 1.97. The standard InChI is InChI=1S/C15H31O2/c1-2-3-4-5-6-7-8-9-10-11-12-13-14-15(16)17/h13,15-17H,2-12,14H2,1H3. The molecule has 0 bridgehead atoms. The third-order valence-corrected chi connectivity index (χ3v) is 3.14. The van der Waals surface area contributed by atoms with Gasteiger partial charge in [0.2, 0.25) is 0 Å². The molecule has 0 heterocycles. The van der Waals surface area contributed by atoms with E-state index in [0.29, 0.717) is 6.42 Å². The second-order valence-corrected chi connectivity index (χ2v) is 4.98. The Morgan fingerprint density at radius 2 is 1.24 bits per heavy atom. The molecule has 0 aromatic carbocycles. The van der Waals surface area contributed by atoms with Crippen LogP contribution >= 0.6 is 0 Å². The molecule has 0 aromatic rings. The van der Waals surface area contributed by atoms with Crippen LogP contribution in [0.3, 0.4) is 0 Å². The average Bonchev–Trinajstić information content (AvgIpc) is 2.30. The third kappa shape index (κ3) is 15.9. The Kier molecular flexibility index (Phi) is 13.9. The summed E-state index contributed by atoms with van der Waals surface area (Å²) < 4.78 is 0. The van der Waals surface area contributed by atoms with E-state index >= 15 is 0 Å². The lowest BCUT2D eigenvalue weighted by molar-refractivity contribution is -0.0393. The summed E-state index contributed by atoms with van der Waals surface area (Å²) in [5, 5.41) is 17.3. The summed E-state index contributed by atoms with van der Waals surface area (Å²) in [6, 6.07) is 0. The number of rotatable bonds is 13. The van der Waals surface area contributed by atoms with Crippen molar-refractivity contribution >= 4 is 0 Å². The first-order valence-electron chi connectivity index (χ1n) is 7.45. The molecule has 0 rings (SSSR count). The summed E-state index contributed by atoms with van der Waals surface area (Å²) in [5.74, 6) is 0. The molecule has 1 radical (unpaired) electrons. The van der Waals surface area contributed by atoms with Gasteiger partial charge in [-0.15, -0.1) is 0 Å². The Balaban J connectivity index is 2.89. The Hall–Kier alpha value is -0.0800. The predicted molar refractivity (Wildman–Crippen MR) is 73.6 cm³/mol. The summed E-state index contributed by atoms with van der Waals surface area (Å²) in [5.41, 5.74) is 0. The van der Waals surface area contributed by atoms with Crippen LogP contribution in [0, 0.1) is 6.42 Å². The van der Waals surface area contributed by atoms with Crippen LogP contribution in [-0.4, -0.2) is 16.5 Å². The van der Waals surface area contributed by atoms with E-state index in [1.165, 1.54) is 64.2 Å². The van der Waals surface area contributed by atoms with Gasteiger partial charge in [-0.05, 0) is 12.8 Å². The van der Waals surface area contributed by atoms with E-state index < -0.39 is 6.29 Å². The summed E-state index contributed by atoms with van der Waals surface area (Å²) in [6.07, 6.45) is 15.8. The van der Waals surface area contributed by atoms with Gasteiger partial charge in [-0.3, -0.25) is 0 Å². The van der Waals surface area contributed by atoms with Gasteiger partial charge in [0.1, 0.15) is 0 Å². The zero-order valence-corrected chi connectivity index (χ0v) is 11.5. The molecule has 0 aliphatic heterocycles. The fourth-order valence-corrected chi connectivity index (χ4v) is 2.04. The van der Waals surface area contributed by atoms with Crippen LogP contribution in [-0.2, 0) is 0 Å². The predicted octanol–water partition coefficient (Wildman–Crippen LogP) is 4.20. The molecule has 2 heteroatoms. The molecule has 0 unspecified atom stereocenters. The van der Waals surface area contributed by atoms with Gasteiger partial charge in [0, 0.05) is 6.42 Å². The van der Waals surface area contributed by atoms with Gasteiger partial charge in [-0.2, -0.15) is 0 Å². The minimum atomic E-state index is -1.15. The lowest BCUT2D eigenvalue weighted by Crippen LogP contribution is -2.03. The molecule has 0 aromatic heterocycles. The highest BCUT2D eigenvalue weighted by molar-refractivity contribution is 4.65. The largest absolute Gasteiger partial charge is 0.368 e. The second-order valence-electron chi connectivity index (χ2n) is 4.98. The van der Waals surface area contributed by atoms with Gasteiger partial charge in [0.05, 0.1) is 0 Å². The Morgan fingerprint density at radius 1 is 0.765 bits per heavy atom. The van der Waals surface area contributed by atoms with Crippen molar-refractivity contribution in [2.75, 3.05) is 0 Å². The lowest BCUT2D eigenvalue weighted by atomic mass is 10.0. The van der Waals surface area contributed by atoms with Gasteiger partial charge in [0.25, 0.3) is 0 Å². The summed E-state index contributed by atoms with van der Waals surface area (Å²) >= 11 is 0. The van der Waals surface area contributed by atoms with Crippen LogP contribution in [0.15, 0.2) is 0 Å². The molecule has 2 N–H and O–H groups in total. The first-order valence-corrected chi connectivity index (χ1v) is 7.45. The Morgan fingerprint density at radius 3 is 1.71 bits per heavy atom. The van der Waals surface area contributed by atoms with Crippen molar-refractivity contribution in [2.24, 2.45) is 0 Å².